The van der Waals surface area contributed by atoms with Crippen molar-refractivity contribution >= 4 is 29.2 Å². The van der Waals surface area contributed by atoms with Gasteiger partial charge < -0.3 is 25.6 Å². The molecule has 164 valence electrons. The summed E-state index contributed by atoms with van der Waals surface area (Å²) >= 11 is 0. The summed E-state index contributed by atoms with van der Waals surface area (Å²) in [7, 11) is 0. The summed E-state index contributed by atoms with van der Waals surface area (Å²) in [5.74, 6) is 0.403. The number of carbonyl (C=O) groups excluding carboxylic acids is 3. The van der Waals surface area contributed by atoms with E-state index in [9.17, 15) is 14.4 Å². The second-order valence-electron chi connectivity index (χ2n) is 7.59. The number of hydrogen-bond donors (Lipinski definition) is 3. The number of urea groups is 1. The highest BCUT2D eigenvalue weighted by Gasteiger charge is 2.23. The van der Waals surface area contributed by atoms with Crippen LogP contribution in [0.4, 0.5) is 16.2 Å². The van der Waals surface area contributed by atoms with Crippen LogP contribution in [-0.2, 0) is 16.1 Å². The minimum atomic E-state index is -0.261. The molecule has 2 aromatic rings. The fourth-order valence-electron chi connectivity index (χ4n) is 3.21. The number of rotatable bonds is 7. The highest BCUT2D eigenvalue weighted by atomic mass is 16.5. The molecule has 3 N–H and O–H groups in total. The summed E-state index contributed by atoms with van der Waals surface area (Å²) in [6.45, 7) is 5.05. The van der Waals surface area contributed by atoms with E-state index in [1.165, 1.54) is 0 Å². The molecule has 1 aliphatic rings. The van der Waals surface area contributed by atoms with E-state index >= 15 is 0 Å². The summed E-state index contributed by atoms with van der Waals surface area (Å²) in [4.78, 5) is 38.2. The fraction of sp³-hybridized carbons (Fsp3) is 0.348. The molecule has 31 heavy (non-hydrogen) atoms. The maximum absolute atomic E-state index is 12.6. The average Bonchev–Trinajstić information content (AvgIpc) is 2.76. The predicted octanol–water partition coefficient (Wildman–Crippen LogP) is 3.04. The monoisotopic (exact) mass is 424 g/mol. The van der Waals surface area contributed by atoms with Gasteiger partial charge in [0, 0.05) is 31.1 Å². The van der Waals surface area contributed by atoms with Crippen LogP contribution >= 0.6 is 0 Å². The molecule has 1 heterocycles. The van der Waals surface area contributed by atoms with Crippen LogP contribution in [0.5, 0.6) is 5.75 Å². The third-order valence-corrected chi connectivity index (χ3v) is 4.72. The van der Waals surface area contributed by atoms with Gasteiger partial charge in [-0.15, -0.1) is 0 Å². The first kappa shape index (κ1) is 22.1. The van der Waals surface area contributed by atoms with Crippen molar-refractivity contribution in [2.75, 3.05) is 23.4 Å². The van der Waals surface area contributed by atoms with Crippen molar-refractivity contribution < 1.29 is 19.1 Å². The van der Waals surface area contributed by atoms with E-state index in [4.69, 9.17) is 4.74 Å². The Morgan fingerprint density at radius 2 is 1.77 bits per heavy atom. The van der Waals surface area contributed by atoms with Gasteiger partial charge in [0.05, 0.1) is 12.2 Å². The van der Waals surface area contributed by atoms with Crippen LogP contribution in [0.2, 0.25) is 0 Å². The SMILES string of the molecule is CC(C)NC(=O)Nc1ccc(CNC(=O)CCC(=O)N2CCOc3ccccc32)cc1. The Morgan fingerprint density at radius 1 is 1.03 bits per heavy atom. The largest absolute Gasteiger partial charge is 0.490 e. The highest BCUT2D eigenvalue weighted by molar-refractivity contribution is 5.97. The molecule has 8 nitrogen and oxygen atoms in total. The molecule has 0 aliphatic carbocycles. The Morgan fingerprint density at radius 3 is 2.52 bits per heavy atom. The number of amides is 4. The van der Waals surface area contributed by atoms with E-state index in [1.54, 1.807) is 17.0 Å². The van der Waals surface area contributed by atoms with Crippen molar-refractivity contribution in [3.8, 4) is 5.75 Å². The minimum absolute atomic E-state index is 0.0550. The lowest BCUT2D eigenvalue weighted by atomic mass is 10.2. The Kier molecular flexibility index (Phi) is 7.48. The maximum Gasteiger partial charge on any atom is 0.319 e. The van der Waals surface area contributed by atoms with Crippen LogP contribution < -0.4 is 25.6 Å². The number of fused-ring (bicyclic) bond motifs is 1. The normalized spacial score (nSPS) is 12.5. The molecule has 2 aromatic carbocycles. The number of nitrogens with zero attached hydrogens (tertiary/aromatic N) is 1. The Hall–Kier alpha value is -3.55. The van der Waals surface area contributed by atoms with Gasteiger partial charge in [0.1, 0.15) is 12.4 Å². The van der Waals surface area contributed by atoms with Crippen molar-refractivity contribution in [3.63, 3.8) is 0 Å². The lowest BCUT2D eigenvalue weighted by Gasteiger charge is -2.29. The third kappa shape index (κ3) is 6.47. The van der Waals surface area contributed by atoms with Crippen molar-refractivity contribution in [1.29, 1.82) is 0 Å². The maximum atomic E-state index is 12.6. The van der Waals surface area contributed by atoms with Crippen LogP contribution in [0, 0.1) is 0 Å². The molecule has 8 heteroatoms. The van der Waals surface area contributed by atoms with Crippen LogP contribution in [0.1, 0.15) is 32.3 Å². The van der Waals surface area contributed by atoms with Crippen LogP contribution in [0.25, 0.3) is 0 Å². The quantitative estimate of drug-likeness (QED) is 0.636. The molecular formula is C23H28N4O4. The van der Waals surface area contributed by atoms with Gasteiger partial charge >= 0.3 is 6.03 Å². The number of hydrogen-bond acceptors (Lipinski definition) is 4. The molecule has 0 spiro atoms. The zero-order valence-corrected chi connectivity index (χ0v) is 17.8. The topological polar surface area (TPSA) is 99.8 Å². The van der Waals surface area contributed by atoms with E-state index in [-0.39, 0.29) is 36.7 Å². The molecule has 0 fully saturated rings. The van der Waals surface area contributed by atoms with Gasteiger partial charge in [-0.2, -0.15) is 0 Å². The second kappa shape index (κ2) is 10.5. The summed E-state index contributed by atoms with van der Waals surface area (Å²) in [6, 6.07) is 14.4. The molecule has 3 rings (SSSR count). The lowest BCUT2D eigenvalue weighted by Crippen LogP contribution is -2.38. The van der Waals surface area contributed by atoms with Crippen LogP contribution in [0.15, 0.2) is 48.5 Å². The van der Waals surface area contributed by atoms with E-state index < -0.39 is 0 Å². The number of nitrogens with one attached hydrogen (secondary N) is 3. The fourth-order valence-corrected chi connectivity index (χ4v) is 3.21. The first-order valence-electron chi connectivity index (χ1n) is 10.4. The summed E-state index contributed by atoms with van der Waals surface area (Å²) in [5, 5.41) is 8.33. The number of ether oxygens (including phenoxy) is 1. The molecule has 0 atom stereocenters. The van der Waals surface area contributed by atoms with Crippen molar-refractivity contribution in [3.05, 3.63) is 54.1 Å². The number of benzene rings is 2. The second-order valence-corrected chi connectivity index (χ2v) is 7.59. The third-order valence-electron chi connectivity index (χ3n) is 4.72. The van der Waals surface area contributed by atoms with Gasteiger partial charge in [-0.1, -0.05) is 24.3 Å². The Labute approximate surface area is 182 Å². The van der Waals surface area contributed by atoms with Gasteiger partial charge in [-0.05, 0) is 43.7 Å². The molecule has 0 bridgehead atoms. The summed E-state index contributed by atoms with van der Waals surface area (Å²) in [5.41, 5.74) is 2.32. The van der Waals surface area contributed by atoms with Gasteiger partial charge in [-0.25, -0.2) is 4.79 Å². The summed E-state index contributed by atoms with van der Waals surface area (Å²) < 4.78 is 5.56. The number of carbonyl (C=O) groups is 3. The number of para-hydroxylation sites is 2. The molecule has 0 saturated carbocycles. The lowest BCUT2D eigenvalue weighted by molar-refractivity contribution is -0.125. The van der Waals surface area contributed by atoms with Gasteiger partial charge in [0.15, 0.2) is 0 Å². The zero-order valence-electron chi connectivity index (χ0n) is 17.8. The van der Waals surface area contributed by atoms with E-state index in [0.29, 0.717) is 31.1 Å². The van der Waals surface area contributed by atoms with Crippen molar-refractivity contribution in [2.24, 2.45) is 0 Å². The molecule has 0 aromatic heterocycles. The molecule has 4 amide bonds. The molecular weight excluding hydrogens is 396 g/mol. The first-order chi connectivity index (χ1) is 14.9. The first-order valence-corrected chi connectivity index (χ1v) is 10.4. The average molecular weight is 425 g/mol. The van der Waals surface area contributed by atoms with Crippen LogP contribution in [-0.4, -0.2) is 37.0 Å². The number of anilines is 2. The molecule has 0 radical (unpaired) electrons. The predicted molar refractivity (Wildman–Crippen MR) is 119 cm³/mol. The zero-order chi connectivity index (χ0) is 22.2. The van der Waals surface area contributed by atoms with Crippen molar-refractivity contribution in [1.82, 2.24) is 10.6 Å². The molecule has 0 unspecified atom stereocenters. The minimum Gasteiger partial charge on any atom is -0.490 e. The van der Waals surface area contributed by atoms with E-state index in [2.05, 4.69) is 16.0 Å². The molecule has 1 aliphatic heterocycles. The highest BCUT2D eigenvalue weighted by Crippen LogP contribution is 2.31. The van der Waals surface area contributed by atoms with Gasteiger partial charge in [0.2, 0.25) is 11.8 Å². The standard InChI is InChI=1S/C23H28N4O4/c1-16(2)25-23(30)26-18-9-7-17(8-10-18)15-24-21(28)11-12-22(29)27-13-14-31-20-6-4-3-5-19(20)27/h3-10,16H,11-15H2,1-2H3,(H,24,28)(H2,25,26,30). The van der Waals surface area contributed by atoms with Gasteiger partial charge in [-0.3, -0.25) is 9.59 Å². The van der Waals surface area contributed by atoms with E-state index in [1.807, 2.05) is 50.2 Å². The van der Waals surface area contributed by atoms with E-state index in [0.717, 1.165) is 11.3 Å². The smallest absolute Gasteiger partial charge is 0.319 e. The van der Waals surface area contributed by atoms with Crippen LogP contribution in [0.3, 0.4) is 0 Å². The Balaban J connectivity index is 1.42. The van der Waals surface area contributed by atoms with Gasteiger partial charge in [0.25, 0.3) is 0 Å². The van der Waals surface area contributed by atoms with Crippen molar-refractivity contribution in [2.45, 2.75) is 39.3 Å². The Bertz CT molecular complexity index is 927. The molecule has 0 saturated heterocycles. The summed E-state index contributed by atoms with van der Waals surface area (Å²) in [6.07, 6.45) is 0.251.